The second-order valence-corrected chi connectivity index (χ2v) is 8.39. The molecular formula is C13H17N3O5S2. The van der Waals surface area contributed by atoms with Crippen molar-refractivity contribution >= 4 is 20.1 Å². The molecule has 0 bridgehead atoms. The number of hydrogen-bond acceptors (Lipinski definition) is 6. The SMILES string of the molecule is CS(=O)(=O)n1cc2c(n1)CNC2.Cc1ccc(S(=O)(=O)O)cc1. The molecule has 0 atom stereocenters. The molecule has 0 aliphatic carbocycles. The zero-order chi connectivity index (χ0) is 17.3. The van der Waals surface area contributed by atoms with Gasteiger partial charge < -0.3 is 5.32 Å². The molecule has 3 rings (SSSR count). The molecular weight excluding hydrogens is 342 g/mol. The molecule has 0 spiro atoms. The summed E-state index contributed by atoms with van der Waals surface area (Å²) in [6.07, 6.45) is 2.70. The van der Waals surface area contributed by atoms with Crippen molar-refractivity contribution in [2.45, 2.75) is 24.9 Å². The third kappa shape index (κ3) is 4.61. The van der Waals surface area contributed by atoms with Gasteiger partial charge in [0.2, 0.25) is 0 Å². The number of benzene rings is 1. The summed E-state index contributed by atoms with van der Waals surface area (Å²) in [6.45, 7) is 3.22. The number of aryl methyl sites for hydroxylation is 1. The Morgan fingerprint density at radius 2 is 1.74 bits per heavy atom. The second kappa shape index (κ2) is 6.40. The molecule has 1 aliphatic heterocycles. The van der Waals surface area contributed by atoms with Crippen molar-refractivity contribution in [2.24, 2.45) is 0 Å². The van der Waals surface area contributed by atoms with Crippen LogP contribution in [-0.2, 0) is 33.2 Å². The van der Waals surface area contributed by atoms with Crippen LogP contribution in [0.5, 0.6) is 0 Å². The van der Waals surface area contributed by atoms with Crippen LogP contribution in [0.25, 0.3) is 0 Å². The van der Waals surface area contributed by atoms with Gasteiger partial charge in [-0.2, -0.15) is 17.6 Å². The topological polar surface area (TPSA) is 118 Å². The highest BCUT2D eigenvalue weighted by Crippen LogP contribution is 2.13. The van der Waals surface area contributed by atoms with Crippen molar-refractivity contribution in [3.63, 3.8) is 0 Å². The molecule has 2 heterocycles. The van der Waals surface area contributed by atoms with Crippen molar-refractivity contribution in [3.05, 3.63) is 47.3 Å². The first-order valence-corrected chi connectivity index (χ1v) is 9.89. The number of nitrogens with one attached hydrogen (secondary N) is 1. The van der Waals surface area contributed by atoms with E-state index in [9.17, 15) is 16.8 Å². The zero-order valence-corrected chi connectivity index (χ0v) is 14.2. The van der Waals surface area contributed by atoms with Crippen LogP contribution in [0.3, 0.4) is 0 Å². The van der Waals surface area contributed by atoms with Gasteiger partial charge in [-0.1, -0.05) is 17.7 Å². The summed E-state index contributed by atoms with van der Waals surface area (Å²) in [5.41, 5.74) is 2.76. The fourth-order valence-corrected chi connectivity index (χ4v) is 2.96. The fourth-order valence-electron chi connectivity index (χ4n) is 1.91. The molecule has 0 unspecified atom stereocenters. The van der Waals surface area contributed by atoms with E-state index in [1.54, 1.807) is 18.3 Å². The van der Waals surface area contributed by atoms with Crippen molar-refractivity contribution in [1.29, 1.82) is 0 Å². The molecule has 1 aromatic carbocycles. The molecule has 23 heavy (non-hydrogen) atoms. The summed E-state index contributed by atoms with van der Waals surface area (Å²) >= 11 is 0. The number of nitrogens with zero attached hydrogens (tertiary/aromatic N) is 2. The van der Waals surface area contributed by atoms with Gasteiger partial charge in [0.15, 0.2) is 0 Å². The van der Waals surface area contributed by atoms with E-state index in [0.717, 1.165) is 27.2 Å². The van der Waals surface area contributed by atoms with Gasteiger partial charge in [0.25, 0.3) is 20.1 Å². The third-order valence-electron chi connectivity index (χ3n) is 3.12. The zero-order valence-electron chi connectivity index (χ0n) is 12.6. The first-order chi connectivity index (χ1) is 10.6. The quantitative estimate of drug-likeness (QED) is 0.751. The Morgan fingerprint density at radius 3 is 2.22 bits per heavy atom. The van der Waals surface area contributed by atoms with Gasteiger partial charge in [-0.3, -0.25) is 4.55 Å². The summed E-state index contributed by atoms with van der Waals surface area (Å²) in [5, 5.41) is 7.00. The van der Waals surface area contributed by atoms with E-state index in [4.69, 9.17) is 4.55 Å². The van der Waals surface area contributed by atoms with Gasteiger partial charge in [0.1, 0.15) is 0 Å². The number of hydrogen-bond donors (Lipinski definition) is 2. The van der Waals surface area contributed by atoms with Gasteiger partial charge in [0, 0.05) is 24.8 Å². The standard InChI is InChI=1S/C7H8O3S.C6H9N3O2S/c1-6-2-4-7(5-3-6)11(8,9)10;1-12(10,11)9-4-5-2-7-3-6(5)8-9/h2-5H,1H3,(H,8,9,10);4,7H,2-3H2,1H3. The predicted octanol–water partition coefficient (Wildman–Crippen LogP) is 0.536. The minimum Gasteiger partial charge on any atom is -0.307 e. The molecule has 0 fully saturated rings. The van der Waals surface area contributed by atoms with Crippen molar-refractivity contribution < 1.29 is 21.4 Å². The lowest BCUT2D eigenvalue weighted by Crippen LogP contribution is -2.13. The largest absolute Gasteiger partial charge is 0.307 e. The normalized spacial score (nSPS) is 14.0. The lowest BCUT2D eigenvalue weighted by molar-refractivity contribution is 0.483. The average molecular weight is 359 g/mol. The summed E-state index contributed by atoms with van der Waals surface area (Å²) in [6, 6.07) is 5.99. The second-order valence-electron chi connectivity index (χ2n) is 5.13. The van der Waals surface area contributed by atoms with E-state index < -0.39 is 20.1 Å². The number of rotatable bonds is 2. The highest BCUT2D eigenvalue weighted by Gasteiger charge is 2.17. The van der Waals surface area contributed by atoms with E-state index in [1.807, 2.05) is 6.92 Å². The molecule has 10 heteroatoms. The lowest BCUT2D eigenvalue weighted by Gasteiger charge is -1.96. The van der Waals surface area contributed by atoms with Crippen LogP contribution >= 0.6 is 0 Å². The minimum absolute atomic E-state index is 0.0666. The fraction of sp³-hybridized carbons (Fsp3) is 0.308. The molecule has 0 amide bonds. The van der Waals surface area contributed by atoms with Crippen LogP contribution in [-0.4, -0.2) is 36.8 Å². The molecule has 0 saturated heterocycles. The van der Waals surface area contributed by atoms with Crippen molar-refractivity contribution in [3.8, 4) is 0 Å². The Hall–Kier alpha value is -1.75. The van der Waals surface area contributed by atoms with Crippen LogP contribution in [0.15, 0.2) is 35.4 Å². The highest BCUT2D eigenvalue weighted by atomic mass is 32.2. The molecule has 8 nitrogen and oxygen atoms in total. The monoisotopic (exact) mass is 359 g/mol. The maximum Gasteiger partial charge on any atom is 0.294 e. The van der Waals surface area contributed by atoms with E-state index in [0.29, 0.717) is 13.1 Å². The molecule has 1 aromatic heterocycles. The first-order valence-electron chi connectivity index (χ1n) is 6.60. The van der Waals surface area contributed by atoms with Crippen LogP contribution in [0.1, 0.15) is 16.8 Å². The summed E-state index contributed by atoms with van der Waals surface area (Å²) in [7, 11) is -7.22. The predicted molar refractivity (Wildman–Crippen MR) is 84.0 cm³/mol. The third-order valence-corrected chi connectivity index (χ3v) is 4.86. The van der Waals surface area contributed by atoms with Crippen molar-refractivity contribution in [1.82, 2.24) is 14.5 Å². The molecule has 2 aromatic rings. The van der Waals surface area contributed by atoms with Crippen LogP contribution < -0.4 is 5.32 Å². The number of aromatic nitrogens is 2. The van der Waals surface area contributed by atoms with E-state index in [2.05, 4.69) is 10.4 Å². The van der Waals surface area contributed by atoms with Gasteiger partial charge in [-0.05, 0) is 19.1 Å². The molecule has 1 aliphatic rings. The molecule has 126 valence electrons. The van der Waals surface area contributed by atoms with Gasteiger partial charge in [-0.15, -0.1) is 0 Å². The van der Waals surface area contributed by atoms with E-state index in [1.165, 1.54) is 12.1 Å². The summed E-state index contributed by atoms with van der Waals surface area (Å²) in [5.74, 6) is 0. The van der Waals surface area contributed by atoms with E-state index >= 15 is 0 Å². The molecule has 2 N–H and O–H groups in total. The maximum atomic E-state index is 11.0. The van der Waals surface area contributed by atoms with E-state index in [-0.39, 0.29) is 4.90 Å². The minimum atomic E-state index is -4.02. The average Bonchev–Trinajstić information content (AvgIpc) is 2.98. The summed E-state index contributed by atoms with van der Waals surface area (Å²) in [4.78, 5) is -0.0666. The Labute approximate surface area is 134 Å². The summed E-state index contributed by atoms with van der Waals surface area (Å²) < 4.78 is 52.6. The smallest absolute Gasteiger partial charge is 0.294 e. The van der Waals surface area contributed by atoms with Crippen LogP contribution in [0.4, 0.5) is 0 Å². The van der Waals surface area contributed by atoms with Gasteiger partial charge >= 0.3 is 0 Å². The maximum absolute atomic E-state index is 11.0. The van der Waals surface area contributed by atoms with Gasteiger partial charge in [0.05, 0.1) is 16.8 Å². The lowest BCUT2D eigenvalue weighted by atomic mass is 10.2. The Balaban J connectivity index is 0.000000168. The Kier molecular flexibility index (Phi) is 4.90. The Bertz CT molecular complexity index is 878. The van der Waals surface area contributed by atoms with Crippen LogP contribution in [0.2, 0.25) is 0 Å². The van der Waals surface area contributed by atoms with Crippen molar-refractivity contribution in [2.75, 3.05) is 6.26 Å². The molecule has 0 radical (unpaired) electrons. The Morgan fingerprint density at radius 1 is 1.13 bits per heavy atom. The number of fused-ring (bicyclic) bond motifs is 1. The highest BCUT2D eigenvalue weighted by molar-refractivity contribution is 7.89. The first kappa shape index (κ1) is 17.6. The van der Waals surface area contributed by atoms with Crippen LogP contribution in [0, 0.1) is 6.92 Å². The van der Waals surface area contributed by atoms with Gasteiger partial charge in [-0.25, -0.2) is 8.42 Å². The molecule has 0 saturated carbocycles.